The summed E-state index contributed by atoms with van der Waals surface area (Å²) in [5, 5.41) is 5.55. The average Bonchev–Trinajstić information content (AvgIpc) is 2.73. The van der Waals surface area contributed by atoms with Crippen LogP contribution in [0.15, 0.2) is 48.5 Å². The van der Waals surface area contributed by atoms with Crippen LogP contribution in [0.1, 0.15) is 34.6 Å². The van der Waals surface area contributed by atoms with Crippen LogP contribution in [0.2, 0.25) is 0 Å². The van der Waals surface area contributed by atoms with E-state index < -0.39 is 18.5 Å². The molecule has 2 aromatic carbocycles. The third-order valence-corrected chi connectivity index (χ3v) is 4.22. The molecule has 148 valence electrons. The third kappa shape index (κ3) is 5.33. The Morgan fingerprint density at radius 2 is 1.61 bits per heavy atom. The molecule has 0 aromatic heterocycles. The Bertz CT molecular complexity index is 830. The minimum absolute atomic E-state index is 0.0556. The number of esters is 1. The van der Waals surface area contributed by atoms with Crippen LogP contribution in [-0.4, -0.2) is 49.4 Å². The molecule has 0 heterocycles. The minimum atomic E-state index is -0.583. The first-order valence-corrected chi connectivity index (χ1v) is 9.13. The molecule has 28 heavy (non-hydrogen) atoms. The van der Waals surface area contributed by atoms with Gasteiger partial charge >= 0.3 is 5.97 Å². The Balaban J connectivity index is 1.91. The number of carbonyl (C=O) groups excluding carboxylic acids is 3. The van der Waals surface area contributed by atoms with Crippen molar-refractivity contribution >= 4 is 29.2 Å². The monoisotopic (exact) mass is 383 g/mol. The third-order valence-electron chi connectivity index (χ3n) is 4.22. The first-order valence-electron chi connectivity index (χ1n) is 9.13. The zero-order chi connectivity index (χ0) is 20.5. The lowest BCUT2D eigenvalue weighted by Gasteiger charge is -2.18. The largest absolute Gasteiger partial charge is 0.452 e. The highest BCUT2D eigenvalue weighted by Crippen LogP contribution is 2.15. The van der Waals surface area contributed by atoms with E-state index in [-0.39, 0.29) is 5.91 Å². The molecule has 0 atom stereocenters. The second kappa shape index (κ2) is 10.1. The number of hydrogen-bond acceptors (Lipinski definition) is 5. The van der Waals surface area contributed by atoms with Gasteiger partial charge in [-0.2, -0.15) is 0 Å². The number of para-hydroxylation sites is 1. The molecule has 2 rings (SSSR count). The van der Waals surface area contributed by atoms with Gasteiger partial charge in [0.15, 0.2) is 6.61 Å². The molecule has 7 nitrogen and oxygen atoms in total. The molecule has 0 unspecified atom stereocenters. The zero-order valence-electron chi connectivity index (χ0n) is 16.3. The molecule has 0 saturated heterocycles. The standard InChI is InChI=1S/C21H25N3O4/c1-4-24(5-2)20(26)15-10-12-16(13-11-15)23-19(25)14-28-21(27)17-8-6-7-9-18(17)22-3/h6-13,22H,4-5,14H2,1-3H3,(H,23,25). The maximum absolute atomic E-state index is 12.3. The van der Waals surface area contributed by atoms with Crippen molar-refractivity contribution in [2.45, 2.75) is 13.8 Å². The summed E-state index contributed by atoms with van der Waals surface area (Å²) >= 11 is 0. The van der Waals surface area contributed by atoms with Gasteiger partial charge in [0.1, 0.15) is 0 Å². The van der Waals surface area contributed by atoms with E-state index in [2.05, 4.69) is 10.6 Å². The molecule has 0 spiro atoms. The second-order valence-corrected chi connectivity index (χ2v) is 5.97. The number of nitrogens with zero attached hydrogens (tertiary/aromatic N) is 1. The fourth-order valence-corrected chi connectivity index (χ4v) is 2.67. The Labute approximate surface area is 164 Å². The van der Waals surface area contributed by atoms with E-state index in [4.69, 9.17) is 4.74 Å². The lowest BCUT2D eigenvalue weighted by Crippen LogP contribution is -2.30. The van der Waals surface area contributed by atoms with Crippen LogP contribution in [0.5, 0.6) is 0 Å². The number of anilines is 2. The topological polar surface area (TPSA) is 87.7 Å². The molecule has 0 saturated carbocycles. The maximum Gasteiger partial charge on any atom is 0.340 e. The molecule has 7 heteroatoms. The van der Waals surface area contributed by atoms with Gasteiger partial charge in [0.05, 0.1) is 5.56 Å². The van der Waals surface area contributed by atoms with Crippen LogP contribution in [0, 0.1) is 0 Å². The van der Waals surface area contributed by atoms with Gasteiger partial charge in [0.25, 0.3) is 11.8 Å². The van der Waals surface area contributed by atoms with E-state index in [1.807, 2.05) is 13.8 Å². The molecule has 2 amide bonds. The molecular formula is C21H25N3O4. The Kier molecular flexibility index (Phi) is 7.56. The van der Waals surface area contributed by atoms with Crippen molar-refractivity contribution in [3.05, 3.63) is 59.7 Å². The van der Waals surface area contributed by atoms with Gasteiger partial charge in [-0.1, -0.05) is 12.1 Å². The quantitative estimate of drug-likeness (QED) is 0.684. The van der Waals surface area contributed by atoms with Gasteiger partial charge in [-0.15, -0.1) is 0 Å². The highest BCUT2D eigenvalue weighted by atomic mass is 16.5. The Hall–Kier alpha value is -3.35. The van der Waals surface area contributed by atoms with Gasteiger partial charge in [0, 0.05) is 37.1 Å². The Morgan fingerprint density at radius 3 is 2.21 bits per heavy atom. The molecule has 0 aliphatic heterocycles. The van der Waals surface area contributed by atoms with Gasteiger partial charge in [-0.25, -0.2) is 4.79 Å². The van der Waals surface area contributed by atoms with Crippen LogP contribution < -0.4 is 10.6 Å². The summed E-state index contributed by atoms with van der Waals surface area (Å²) < 4.78 is 5.08. The van der Waals surface area contributed by atoms with Crippen molar-refractivity contribution in [2.24, 2.45) is 0 Å². The number of ether oxygens (including phenoxy) is 1. The maximum atomic E-state index is 12.3. The lowest BCUT2D eigenvalue weighted by atomic mass is 10.1. The number of nitrogens with one attached hydrogen (secondary N) is 2. The lowest BCUT2D eigenvalue weighted by molar-refractivity contribution is -0.119. The highest BCUT2D eigenvalue weighted by molar-refractivity contribution is 5.99. The zero-order valence-corrected chi connectivity index (χ0v) is 16.3. The van der Waals surface area contributed by atoms with E-state index in [1.54, 1.807) is 60.5 Å². The van der Waals surface area contributed by atoms with E-state index in [0.29, 0.717) is 35.6 Å². The number of benzene rings is 2. The van der Waals surface area contributed by atoms with Gasteiger partial charge in [-0.05, 0) is 50.2 Å². The fraction of sp³-hybridized carbons (Fsp3) is 0.286. The summed E-state index contributed by atoms with van der Waals surface area (Å²) in [4.78, 5) is 38.2. The minimum Gasteiger partial charge on any atom is -0.452 e. The molecule has 0 aliphatic rings. The summed E-state index contributed by atoms with van der Waals surface area (Å²) in [6.07, 6.45) is 0. The van der Waals surface area contributed by atoms with E-state index in [1.165, 1.54) is 0 Å². The fourth-order valence-electron chi connectivity index (χ4n) is 2.67. The molecule has 2 N–H and O–H groups in total. The first kappa shape index (κ1) is 21.0. The number of carbonyl (C=O) groups is 3. The van der Waals surface area contributed by atoms with Crippen molar-refractivity contribution in [1.82, 2.24) is 4.90 Å². The van der Waals surface area contributed by atoms with E-state index in [9.17, 15) is 14.4 Å². The summed E-state index contributed by atoms with van der Waals surface area (Å²) in [5.74, 6) is -1.10. The predicted octanol–water partition coefficient (Wildman–Crippen LogP) is 3.01. The molecule has 2 aromatic rings. The van der Waals surface area contributed by atoms with Crippen LogP contribution in [0.25, 0.3) is 0 Å². The number of hydrogen-bond donors (Lipinski definition) is 2. The van der Waals surface area contributed by atoms with Crippen LogP contribution >= 0.6 is 0 Å². The van der Waals surface area contributed by atoms with Crippen molar-refractivity contribution in [1.29, 1.82) is 0 Å². The molecule has 0 bridgehead atoms. The van der Waals surface area contributed by atoms with E-state index >= 15 is 0 Å². The van der Waals surface area contributed by atoms with Gasteiger partial charge in [-0.3, -0.25) is 9.59 Å². The van der Waals surface area contributed by atoms with Gasteiger partial charge in [0.2, 0.25) is 0 Å². The highest BCUT2D eigenvalue weighted by Gasteiger charge is 2.15. The summed E-state index contributed by atoms with van der Waals surface area (Å²) in [6.45, 7) is 4.71. The van der Waals surface area contributed by atoms with Crippen LogP contribution in [0.3, 0.4) is 0 Å². The van der Waals surface area contributed by atoms with Gasteiger partial charge < -0.3 is 20.3 Å². The summed E-state index contributed by atoms with van der Waals surface area (Å²) in [7, 11) is 1.70. The Morgan fingerprint density at radius 1 is 0.964 bits per heavy atom. The average molecular weight is 383 g/mol. The molecular weight excluding hydrogens is 358 g/mol. The smallest absolute Gasteiger partial charge is 0.340 e. The molecule has 0 aliphatic carbocycles. The normalized spacial score (nSPS) is 10.1. The number of amides is 2. The second-order valence-electron chi connectivity index (χ2n) is 5.97. The summed E-state index contributed by atoms with van der Waals surface area (Å²) in [5.41, 5.74) is 2.06. The molecule has 0 radical (unpaired) electrons. The number of rotatable bonds is 8. The van der Waals surface area contributed by atoms with Crippen LogP contribution in [0.4, 0.5) is 11.4 Å². The van der Waals surface area contributed by atoms with Crippen molar-refractivity contribution in [3.8, 4) is 0 Å². The predicted molar refractivity (Wildman–Crippen MR) is 109 cm³/mol. The van der Waals surface area contributed by atoms with Crippen molar-refractivity contribution < 1.29 is 19.1 Å². The summed E-state index contributed by atoms with van der Waals surface area (Å²) in [6, 6.07) is 13.5. The van der Waals surface area contributed by atoms with Crippen molar-refractivity contribution in [3.63, 3.8) is 0 Å². The molecule has 0 fully saturated rings. The van der Waals surface area contributed by atoms with E-state index in [0.717, 1.165) is 0 Å². The van der Waals surface area contributed by atoms with Crippen LogP contribution in [-0.2, 0) is 9.53 Å². The van der Waals surface area contributed by atoms with Crippen molar-refractivity contribution in [2.75, 3.05) is 37.4 Å². The first-order chi connectivity index (χ1) is 13.5. The SMILES string of the molecule is CCN(CC)C(=O)c1ccc(NC(=O)COC(=O)c2ccccc2NC)cc1.